The van der Waals surface area contributed by atoms with Crippen LogP contribution in [0.15, 0.2) is 54.6 Å². The Hall–Kier alpha value is -1.60. The predicted octanol–water partition coefficient (Wildman–Crippen LogP) is 6.61. The van der Waals surface area contributed by atoms with Crippen LogP contribution in [-0.4, -0.2) is 0 Å². The van der Waals surface area contributed by atoms with Crippen molar-refractivity contribution < 1.29 is 1.43 Å². The summed E-state index contributed by atoms with van der Waals surface area (Å²) in [5.74, 6) is 0. The molecule has 2 aromatic carbocycles. The highest BCUT2D eigenvalue weighted by Crippen LogP contribution is 2.03. The van der Waals surface area contributed by atoms with Crippen molar-refractivity contribution in [2.45, 2.75) is 61.6 Å². The van der Waals surface area contributed by atoms with Gasteiger partial charge in [-0.2, -0.15) is 0 Å². The standard InChI is InChI=1S/C15H17N.3C2H6.H2/c1-13-7-9-15(10-8-13)12-16-11-14-5-3-2-4-6-14;3*1-2;/h2-10,16H,11-12H2,1H3;3*1-2H3;1H. The van der Waals surface area contributed by atoms with Gasteiger partial charge in [-0.05, 0) is 18.1 Å². The van der Waals surface area contributed by atoms with Crippen LogP contribution in [0, 0.1) is 6.92 Å². The highest BCUT2D eigenvalue weighted by atomic mass is 14.8. The summed E-state index contributed by atoms with van der Waals surface area (Å²) >= 11 is 0. The van der Waals surface area contributed by atoms with Crippen molar-refractivity contribution in [2.24, 2.45) is 0 Å². The van der Waals surface area contributed by atoms with Crippen molar-refractivity contribution in [3.63, 3.8) is 0 Å². The summed E-state index contributed by atoms with van der Waals surface area (Å²) in [4.78, 5) is 0. The minimum atomic E-state index is 0. The average Bonchev–Trinajstić information content (AvgIpc) is 2.63. The SMILES string of the molecule is CC.CC.CC.Cc1ccc(CNCc2ccccc2)cc1.[HH]. The minimum absolute atomic E-state index is 0. The number of rotatable bonds is 4. The van der Waals surface area contributed by atoms with Crippen LogP contribution >= 0.6 is 0 Å². The quantitative estimate of drug-likeness (QED) is 0.670. The third kappa shape index (κ3) is 11.1. The van der Waals surface area contributed by atoms with Crippen molar-refractivity contribution in [2.75, 3.05) is 0 Å². The first kappa shape index (κ1) is 22.7. The summed E-state index contributed by atoms with van der Waals surface area (Å²) in [6.45, 7) is 16.0. The lowest BCUT2D eigenvalue weighted by Gasteiger charge is -2.05. The lowest BCUT2D eigenvalue weighted by molar-refractivity contribution is 0.693. The molecule has 0 aliphatic heterocycles. The highest BCUT2D eigenvalue weighted by Gasteiger charge is 1.93. The third-order valence-corrected chi connectivity index (χ3v) is 2.62. The molecule has 0 bridgehead atoms. The molecular formula is C21H37N. The van der Waals surface area contributed by atoms with Crippen LogP contribution in [0.25, 0.3) is 0 Å². The zero-order valence-electron chi connectivity index (χ0n) is 15.6. The second-order valence-corrected chi connectivity index (χ2v) is 4.07. The molecule has 126 valence electrons. The Bertz CT molecular complexity index is 423. The zero-order chi connectivity index (χ0) is 17.2. The molecular weight excluding hydrogens is 266 g/mol. The molecule has 0 aromatic heterocycles. The molecule has 0 aliphatic rings. The van der Waals surface area contributed by atoms with Gasteiger partial charge in [0, 0.05) is 14.5 Å². The van der Waals surface area contributed by atoms with Crippen molar-refractivity contribution in [1.82, 2.24) is 5.32 Å². The van der Waals surface area contributed by atoms with Gasteiger partial charge < -0.3 is 5.32 Å². The topological polar surface area (TPSA) is 12.0 Å². The number of aryl methyl sites for hydroxylation is 1. The Balaban J connectivity index is -0.000000514. The lowest BCUT2D eigenvalue weighted by atomic mass is 10.1. The van der Waals surface area contributed by atoms with E-state index in [1.165, 1.54) is 16.7 Å². The molecule has 1 heteroatoms. The average molecular weight is 304 g/mol. The first-order chi connectivity index (χ1) is 10.8. The van der Waals surface area contributed by atoms with Crippen LogP contribution in [0.3, 0.4) is 0 Å². The van der Waals surface area contributed by atoms with E-state index >= 15 is 0 Å². The van der Waals surface area contributed by atoms with Gasteiger partial charge in [-0.1, -0.05) is 102 Å². The Labute approximate surface area is 140 Å². The van der Waals surface area contributed by atoms with E-state index in [0.717, 1.165) is 13.1 Å². The summed E-state index contributed by atoms with van der Waals surface area (Å²) in [6.07, 6.45) is 0. The Kier molecular flexibility index (Phi) is 18.0. The summed E-state index contributed by atoms with van der Waals surface area (Å²) < 4.78 is 0. The van der Waals surface area contributed by atoms with Gasteiger partial charge in [0.05, 0.1) is 0 Å². The van der Waals surface area contributed by atoms with Gasteiger partial charge in [0.1, 0.15) is 0 Å². The second-order valence-electron chi connectivity index (χ2n) is 4.07. The van der Waals surface area contributed by atoms with Gasteiger partial charge >= 0.3 is 0 Å². The normalized spacial score (nSPS) is 8.32. The van der Waals surface area contributed by atoms with Gasteiger partial charge in [0.25, 0.3) is 0 Å². The van der Waals surface area contributed by atoms with E-state index in [1.807, 2.05) is 47.6 Å². The van der Waals surface area contributed by atoms with Gasteiger partial charge in [0.15, 0.2) is 0 Å². The van der Waals surface area contributed by atoms with E-state index < -0.39 is 0 Å². The van der Waals surface area contributed by atoms with E-state index in [-0.39, 0.29) is 1.43 Å². The summed E-state index contributed by atoms with van der Waals surface area (Å²) in [6, 6.07) is 19.1. The smallest absolute Gasteiger partial charge is 0.0208 e. The lowest BCUT2D eigenvalue weighted by Crippen LogP contribution is -2.12. The maximum Gasteiger partial charge on any atom is 0.0208 e. The van der Waals surface area contributed by atoms with Crippen LogP contribution < -0.4 is 5.32 Å². The maximum absolute atomic E-state index is 3.44. The molecule has 0 amide bonds. The van der Waals surface area contributed by atoms with Gasteiger partial charge in [-0.15, -0.1) is 0 Å². The fourth-order valence-electron chi connectivity index (χ4n) is 1.65. The Morgan fingerprint density at radius 3 is 1.50 bits per heavy atom. The molecule has 0 unspecified atom stereocenters. The van der Waals surface area contributed by atoms with E-state index in [1.54, 1.807) is 0 Å². The number of nitrogens with one attached hydrogen (secondary N) is 1. The van der Waals surface area contributed by atoms with Crippen molar-refractivity contribution in [3.8, 4) is 0 Å². The number of benzene rings is 2. The molecule has 0 fully saturated rings. The molecule has 0 saturated carbocycles. The molecule has 1 N–H and O–H groups in total. The van der Waals surface area contributed by atoms with Crippen LogP contribution in [0.2, 0.25) is 0 Å². The first-order valence-corrected chi connectivity index (χ1v) is 8.65. The van der Waals surface area contributed by atoms with Crippen molar-refractivity contribution in [3.05, 3.63) is 71.3 Å². The molecule has 2 rings (SSSR count). The van der Waals surface area contributed by atoms with E-state index in [4.69, 9.17) is 0 Å². The highest BCUT2D eigenvalue weighted by molar-refractivity contribution is 5.21. The molecule has 22 heavy (non-hydrogen) atoms. The van der Waals surface area contributed by atoms with E-state index in [0.29, 0.717) is 0 Å². The second kappa shape index (κ2) is 17.5. The largest absolute Gasteiger partial charge is 0.309 e. The Morgan fingerprint density at radius 2 is 1.05 bits per heavy atom. The molecule has 0 saturated heterocycles. The van der Waals surface area contributed by atoms with Crippen LogP contribution in [0.1, 0.15) is 59.7 Å². The maximum atomic E-state index is 3.44. The van der Waals surface area contributed by atoms with Gasteiger partial charge in [0.2, 0.25) is 0 Å². The van der Waals surface area contributed by atoms with Crippen LogP contribution in [-0.2, 0) is 13.1 Å². The first-order valence-electron chi connectivity index (χ1n) is 8.65. The fourth-order valence-corrected chi connectivity index (χ4v) is 1.65. The van der Waals surface area contributed by atoms with Crippen LogP contribution in [0.5, 0.6) is 0 Å². The summed E-state index contributed by atoms with van der Waals surface area (Å²) in [5.41, 5.74) is 3.97. The summed E-state index contributed by atoms with van der Waals surface area (Å²) in [5, 5.41) is 3.44. The molecule has 0 spiro atoms. The van der Waals surface area contributed by atoms with Crippen molar-refractivity contribution >= 4 is 0 Å². The predicted molar refractivity (Wildman–Crippen MR) is 104 cm³/mol. The van der Waals surface area contributed by atoms with Gasteiger partial charge in [-0.25, -0.2) is 0 Å². The fraction of sp³-hybridized carbons (Fsp3) is 0.429. The van der Waals surface area contributed by atoms with Crippen molar-refractivity contribution in [1.29, 1.82) is 0 Å². The van der Waals surface area contributed by atoms with Crippen LogP contribution in [0.4, 0.5) is 0 Å². The third-order valence-electron chi connectivity index (χ3n) is 2.62. The monoisotopic (exact) mass is 303 g/mol. The minimum Gasteiger partial charge on any atom is -0.309 e. The van der Waals surface area contributed by atoms with Gasteiger partial charge in [-0.3, -0.25) is 0 Å². The molecule has 2 aromatic rings. The molecule has 0 radical (unpaired) electrons. The zero-order valence-corrected chi connectivity index (χ0v) is 15.6. The molecule has 0 atom stereocenters. The van der Waals surface area contributed by atoms with E-state index in [2.05, 4.69) is 60.8 Å². The molecule has 0 aliphatic carbocycles. The van der Waals surface area contributed by atoms with E-state index in [9.17, 15) is 0 Å². The molecule has 1 nitrogen and oxygen atoms in total. The number of hydrogen-bond donors (Lipinski definition) is 1. The number of hydrogen-bond acceptors (Lipinski definition) is 1. The Morgan fingerprint density at radius 1 is 0.636 bits per heavy atom. The molecule has 0 heterocycles. The summed E-state index contributed by atoms with van der Waals surface area (Å²) in [7, 11) is 0.